The second-order valence-corrected chi connectivity index (χ2v) is 3.26. The van der Waals surface area contributed by atoms with E-state index in [0.29, 0.717) is 0 Å². The van der Waals surface area contributed by atoms with Crippen LogP contribution >= 0.6 is 22.6 Å². The molecule has 0 amide bonds. The fraction of sp³-hybridized carbons (Fsp3) is 0.143. The van der Waals surface area contributed by atoms with Crippen LogP contribution in [0.4, 0.5) is 13.2 Å². The summed E-state index contributed by atoms with van der Waals surface area (Å²) in [6, 6.07) is 0.967. The molecule has 60 valence electrons. The van der Waals surface area contributed by atoms with Gasteiger partial charge in [0.25, 0.3) is 0 Å². The Morgan fingerprint density at radius 2 is 1.73 bits per heavy atom. The Balaban J connectivity index is 3.46. The maximum absolute atomic E-state index is 12.6. The SMILES string of the molecule is Cc1c(F)cc(I)c(F)c1F. The molecule has 0 aromatic heterocycles. The summed E-state index contributed by atoms with van der Waals surface area (Å²) >= 11 is 1.54. The summed E-state index contributed by atoms with van der Waals surface area (Å²) in [5.41, 5.74) is -0.275. The van der Waals surface area contributed by atoms with Crippen molar-refractivity contribution in [1.82, 2.24) is 0 Å². The van der Waals surface area contributed by atoms with Gasteiger partial charge >= 0.3 is 0 Å². The van der Waals surface area contributed by atoms with Crippen LogP contribution in [0.2, 0.25) is 0 Å². The van der Waals surface area contributed by atoms with Crippen LogP contribution in [0.5, 0.6) is 0 Å². The Hall–Kier alpha value is -0.260. The molecule has 0 aliphatic carbocycles. The number of hydrogen-bond donors (Lipinski definition) is 0. The van der Waals surface area contributed by atoms with Gasteiger partial charge in [-0.1, -0.05) is 0 Å². The molecule has 0 N–H and O–H groups in total. The third-order valence-electron chi connectivity index (χ3n) is 1.34. The Morgan fingerprint density at radius 1 is 1.18 bits per heavy atom. The monoisotopic (exact) mass is 272 g/mol. The standard InChI is InChI=1S/C7H4F3I/c1-3-4(8)2-5(11)7(10)6(3)9/h2H,1H3. The minimum atomic E-state index is -1.10. The van der Waals surface area contributed by atoms with Gasteiger partial charge in [-0.25, -0.2) is 13.2 Å². The molecule has 0 nitrogen and oxygen atoms in total. The highest BCUT2D eigenvalue weighted by atomic mass is 127. The minimum absolute atomic E-state index is 0.0387. The number of hydrogen-bond acceptors (Lipinski definition) is 0. The summed E-state index contributed by atoms with van der Waals surface area (Å²) in [6.45, 7) is 1.20. The van der Waals surface area contributed by atoms with Gasteiger partial charge in [-0.05, 0) is 35.6 Å². The van der Waals surface area contributed by atoms with Crippen molar-refractivity contribution >= 4 is 22.6 Å². The van der Waals surface area contributed by atoms with E-state index >= 15 is 0 Å². The molecule has 1 aromatic carbocycles. The van der Waals surface area contributed by atoms with Crippen molar-refractivity contribution in [2.24, 2.45) is 0 Å². The molecule has 0 atom stereocenters. The third-order valence-corrected chi connectivity index (χ3v) is 2.13. The molecule has 4 heteroatoms. The van der Waals surface area contributed by atoms with E-state index in [9.17, 15) is 13.2 Å². The quantitative estimate of drug-likeness (QED) is 0.387. The molecule has 11 heavy (non-hydrogen) atoms. The Morgan fingerprint density at radius 3 is 2.27 bits per heavy atom. The van der Waals surface area contributed by atoms with Gasteiger partial charge in [0, 0.05) is 5.56 Å². The average Bonchev–Trinajstić information content (AvgIpc) is 1.97. The van der Waals surface area contributed by atoms with Crippen LogP contribution in [0.15, 0.2) is 6.07 Å². The number of halogens is 4. The van der Waals surface area contributed by atoms with E-state index in [1.807, 2.05) is 0 Å². The molecular weight excluding hydrogens is 268 g/mol. The van der Waals surface area contributed by atoms with Crippen molar-refractivity contribution in [2.45, 2.75) is 6.92 Å². The van der Waals surface area contributed by atoms with E-state index in [1.165, 1.54) is 29.5 Å². The lowest BCUT2D eigenvalue weighted by atomic mass is 10.2. The normalized spacial score (nSPS) is 10.3. The molecule has 0 radical (unpaired) electrons. The molecule has 0 saturated heterocycles. The number of rotatable bonds is 0. The highest BCUT2D eigenvalue weighted by molar-refractivity contribution is 14.1. The summed E-state index contributed by atoms with van der Waals surface area (Å²) in [5.74, 6) is -2.80. The summed E-state index contributed by atoms with van der Waals surface area (Å²) in [7, 11) is 0. The molecule has 0 aliphatic rings. The minimum Gasteiger partial charge on any atom is -0.207 e. The fourth-order valence-corrected chi connectivity index (χ4v) is 1.17. The van der Waals surface area contributed by atoms with Gasteiger partial charge in [-0.2, -0.15) is 0 Å². The van der Waals surface area contributed by atoms with Gasteiger partial charge in [0.2, 0.25) is 0 Å². The predicted octanol–water partition coefficient (Wildman–Crippen LogP) is 3.02. The van der Waals surface area contributed by atoms with Crippen LogP contribution in [-0.4, -0.2) is 0 Å². The van der Waals surface area contributed by atoms with E-state index < -0.39 is 17.5 Å². The van der Waals surface area contributed by atoms with Crippen LogP contribution in [0, 0.1) is 27.9 Å². The summed E-state index contributed by atoms with van der Waals surface area (Å²) in [4.78, 5) is 0. The lowest BCUT2D eigenvalue weighted by Gasteiger charge is -2.00. The van der Waals surface area contributed by atoms with E-state index in [1.54, 1.807) is 0 Å². The topological polar surface area (TPSA) is 0 Å². The summed E-state index contributed by atoms with van der Waals surface area (Å²) < 4.78 is 37.8. The van der Waals surface area contributed by atoms with Gasteiger partial charge in [-0.3, -0.25) is 0 Å². The van der Waals surface area contributed by atoms with Crippen LogP contribution in [0.3, 0.4) is 0 Å². The first-order valence-corrected chi connectivity index (χ1v) is 3.91. The van der Waals surface area contributed by atoms with E-state index in [4.69, 9.17) is 0 Å². The Kier molecular flexibility index (Phi) is 2.41. The van der Waals surface area contributed by atoms with E-state index in [0.717, 1.165) is 6.07 Å². The summed E-state index contributed by atoms with van der Waals surface area (Å²) in [5, 5.41) is 0. The molecule has 0 aliphatic heterocycles. The van der Waals surface area contributed by atoms with Crippen molar-refractivity contribution in [1.29, 1.82) is 0 Å². The van der Waals surface area contributed by atoms with Gasteiger partial charge in [-0.15, -0.1) is 0 Å². The van der Waals surface area contributed by atoms with Crippen molar-refractivity contribution < 1.29 is 13.2 Å². The Bertz CT molecular complexity index is 270. The second-order valence-electron chi connectivity index (χ2n) is 2.09. The zero-order valence-corrected chi connectivity index (χ0v) is 7.75. The Labute approximate surface area is 75.6 Å². The van der Waals surface area contributed by atoms with E-state index in [2.05, 4.69) is 0 Å². The van der Waals surface area contributed by atoms with Gasteiger partial charge < -0.3 is 0 Å². The van der Waals surface area contributed by atoms with Crippen LogP contribution in [-0.2, 0) is 0 Å². The maximum atomic E-state index is 12.6. The van der Waals surface area contributed by atoms with Crippen molar-refractivity contribution in [3.05, 3.63) is 32.7 Å². The van der Waals surface area contributed by atoms with Gasteiger partial charge in [0.15, 0.2) is 11.6 Å². The molecule has 0 unspecified atom stereocenters. The highest BCUT2D eigenvalue weighted by Crippen LogP contribution is 2.20. The lowest BCUT2D eigenvalue weighted by Crippen LogP contribution is -1.96. The smallest absolute Gasteiger partial charge is 0.172 e. The molecule has 0 fully saturated rings. The molecule has 0 heterocycles. The molecular formula is C7H4F3I. The molecule has 0 bridgehead atoms. The molecule has 1 aromatic rings. The number of benzene rings is 1. The fourth-order valence-electron chi connectivity index (χ4n) is 0.657. The summed E-state index contributed by atoms with van der Waals surface area (Å²) in [6.07, 6.45) is 0. The predicted molar refractivity (Wildman–Crippen MR) is 43.8 cm³/mol. The molecule has 1 rings (SSSR count). The zero-order valence-electron chi connectivity index (χ0n) is 5.59. The molecule has 0 saturated carbocycles. The zero-order chi connectivity index (χ0) is 8.59. The highest BCUT2D eigenvalue weighted by Gasteiger charge is 2.13. The average molecular weight is 272 g/mol. The third kappa shape index (κ3) is 1.50. The van der Waals surface area contributed by atoms with Gasteiger partial charge in [0.1, 0.15) is 5.82 Å². The first kappa shape index (κ1) is 8.83. The first-order valence-electron chi connectivity index (χ1n) is 2.83. The maximum Gasteiger partial charge on any atom is 0.172 e. The molecule has 0 spiro atoms. The van der Waals surface area contributed by atoms with Crippen LogP contribution in [0.25, 0.3) is 0 Å². The second kappa shape index (κ2) is 3.00. The first-order chi connectivity index (χ1) is 5.04. The van der Waals surface area contributed by atoms with Crippen molar-refractivity contribution in [3.8, 4) is 0 Å². The van der Waals surface area contributed by atoms with Crippen LogP contribution in [0.1, 0.15) is 5.56 Å². The van der Waals surface area contributed by atoms with Crippen LogP contribution < -0.4 is 0 Å². The lowest BCUT2D eigenvalue weighted by molar-refractivity contribution is 0.481. The van der Waals surface area contributed by atoms with E-state index in [-0.39, 0.29) is 9.13 Å². The van der Waals surface area contributed by atoms with Crippen molar-refractivity contribution in [2.75, 3.05) is 0 Å². The largest absolute Gasteiger partial charge is 0.207 e. The van der Waals surface area contributed by atoms with Crippen molar-refractivity contribution in [3.63, 3.8) is 0 Å². The van der Waals surface area contributed by atoms with Gasteiger partial charge in [0.05, 0.1) is 3.57 Å².